The van der Waals surface area contributed by atoms with Gasteiger partial charge in [0.1, 0.15) is 6.10 Å². The van der Waals surface area contributed by atoms with Crippen molar-refractivity contribution in [3.63, 3.8) is 0 Å². The summed E-state index contributed by atoms with van der Waals surface area (Å²) < 4.78 is 10.8. The van der Waals surface area contributed by atoms with Crippen LogP contribution in [0.1, 0.15) is 56.3 Å². The van der Waals surface area contributed by atoms with Gasteiger partial charge in [-0.15, -0.1) is 0 Å². The Balaban J connectivity index is 1.81. The van der Waals surface area contributed by atoms with E-state index in [4.69, 9.17) is 15.0 Å². The van der Waals surface area contributed by atoms with Gasteiger partial charge >= 0.3 is 0 Å². The SMILES string of the molecule is NC1(c2nc(C3CCCO3)no2)CCCC1. The van der Waals surface area contributed by atoms with Gasteiger partial charge in [0.2, 0.25) is 11.7 Å². The molecule has 5 heteroatoms. The second-order valence-corrected chi connectivity index (χ2v) is 4.82. The third kappa shape index (κ3) is 1.64. The first-order valence-corrected chi connectivity index (χ1v) is 6.02. The second kappa shape index (κ2) is 3.82. The van der Waals surface area contributed by atoms with Gasteiger partial charge < -0.3 is 15.0 Å². The molecule has 1 unspecified atom stereocenters. The van der Waals surface area contributed by atoms with E-state index in [0.717, 1.165) is 45.1 Å². The van der Waals surface area contributed by atoms with Gasteiger partial charge in [-0.3, -0.25) is 0 Å². The van der Waals surface area contributed by atoms with Gasteiger partial charge in [0.15, 0.2) is 0 Å². The molecule has 0 radical (unpaired) electrons. The maximum Gasteiger partial charge on any atom is 0.246 e. The molecule has 1 aromatic rings. The highest BCUT2D eigenvalue weighted by Gasteiger charge is 2.37. The van der Waals surface area contributed by atoms with Gasteiger partial charge in [0, 0.05) is 6.61 Å². The Morgan fingerprint density at radius 1 is 1.25 bits per heavy atom. The quantitative estimate of drug-likeness (QED) is 0.825. The number of aromatic nitrogens is 2. The van der Waals surface area contributed by atoms with E-state index in [1.54, 1.807) is 0 Å². The number of nitrogens with two attached hydrogens (primary N) is 1. The molecule has 3 rings (SSSR count). The van der Waals surface area contributed by atoms with Gasteiger partial charge in [-0.2, -0.15) is 4.98 Å². The molecule has 2 N–H and O–H groups in total. The van der Waals surface area contributed by atoms with E-state index in [1.807, 2.05) is 0 Å². The van der Waals surface area contributed by atoms with E-state index in [0.29, 0.717) is 11.7 Å². The summed E-state index contributed by atoms with van der Waals surface area (Å²) in [4.78, 5) is 4.42. The molecular formula is C11H17N3O2. The van der Waals surface area contributed by atoms with Crippen LogP contribution in [0.2, 0.25) is 0 Å². The third-order valence-corrected chi connectivity index (χ3v) is 3.58. The Kier molecular flexibility index (Phi) is 2.44. The third-order valence-electron chi connectivity index (χ3n) is 3.58. The maximum atomic E-state index is 6.26. The van der Waals surface area contributed by atoms with E-state index in [9.17, 15) is 0 Å². The van der Waals surface area contributed by atoms with Crippen molar-refractivity contribution in [3.8, 4) is 0 Å². The van der Waals surface area contributed by atoms with E-state index in [-0.39, 0.29) is 11.6 Å². The lowest BCUT2D eigenvalue weighted by molar-refractivity contribution is 0.103. The van der Waals surface area contributed by atoms with Crippen molar-refractivity contribution >= 4 is 0 Å². The van der Waals surface area contributed by atoms with Crippen LogP contribution in [0, 0.1) is 0 Å². The van der Waals surface area contributed by atoms with Gasteiger partial charge in [-0.1, -0.05) is 18.0 Å². The van der Waals surface area contributed by atoms with Crippen LogP contribution in [-0.2, 0) is 10.3 Å². The summed E-state index contributed by atoms with van der Waals surface area (Å²) in [6.07, 6.45) is 6.25. The smallest absolute Gasteiger partial charge is 0.246 e. The molecule has 5 nitrogen and oxygen atoms in total. The molecule has 0 spiro atoms. The van der Waals surface area contributed by atoms with Crippen molar-refractivity contribution in [3.05, 3.63) is 11.7 Å². The summed E-state index contributed by atoms with van der Waals surface area (Å²) in [7, 11) is 0. The number of hydrogen-bond donors (Lipinski definition) is 1. The Labute approximate surface area is 94.3 Å². The van der Waals surface area contributed by atoms with Crippen molar-refractivity contribution in [1.82, 2.24) is 10.1 Å². The zero-order valence-corrected chi connectivity index (χ0v) is 9.32. The monoisotopic (exact) mass is 223 g/mol. The minimum absolute atomic E-state index is 0.0162. The topological polar surface area (TPSA) is 74.2 Å². The zero-order valence-electron chi connectivity index (χ0n) is 9.32. The molecule has 2 heterocycles. The van der Waals surface area contributed by atoms with E-state index >= 15 is 0 Å². The summed E-state index contributed by atoms with van der Waals surface area (Å²) in [5.74, 6) is 1.26. The lowest BCUT2D eigenvalue weighted by Gasteiger charge is -2.17. The molecule has 2 fully saturated rings. The fraction of sp³-hybridized carbons (Fsp3) is 0.818. The number of nitrogens with zero attached hydrogens (tertiary/aromatic N) is 2. The summed E-state index contributed by atoms with van der Waals surface area (Å²) in [6.45, 7) is 0.794. The Morgan fingerprint density at radius 2 is 2.06 bits per heavy atom. The molecule has 1 saturated heterocycles. The van der Waals surface area contributed by atoms with Crippen molar-refractivity contribution in [2.75, 3.05) is 6.61 Å². The van der Waals surface area contributed by atoms with Crippen molar-refractivity contribution in [2.24, 2.45) is 5.73 Å². The molecule has 0 amide bonds. The highest BCUT2D eigenvalue weighted by atomic mass is 16.5. The van der Waals surface area contributed by atoms with Gasteiger partial charge in [-0.05, 0) is 25.7 Å². The van der Waals surface area contributed by atoms with E-state index in [2.05, 4.69) is 10.1 Å². The molecule has 2 aliphatic rings. The highest BCUT2D eigenvalue weighted by Crippen LogP contribution is 2.36. The van der Waals surface area contributed by atoms with Crippen LogP contribution in [0.15, 0.2) is 4.52 Å². The first-order valence-electron chi connectivity index (χ1n) is 6.02. The van der Waals surface area contributed by atoms with Crippen LogP contribution in [0.4, 0.5) is 0 Å². The average Bonchev–Trinajstić information content (AvgIpc) is 2.98. The fourth-order valence-electron chi connectivity index (χ4n) is 2.57. The van der Waals surface area contributed by atoms with Crippen molar-refractivity contribution < 1.29 is 9.26 Å². The number of ether oxygens (including phenoxy) is 1. The van der Waals surface area contributed by atoms with Crippen molar-refractivity contribution in [2.45, 2.75) is 50.2 Å². The van der Waals surface area contributed by atoms with Gasteiger partial charge in [0.05, 0.1) is 5.54 Å². The fourth-order valence-corrected chi connectivity index (χ4v) is 2.57. The van der Waals surface area contributed by atoms with Crippen LogP contribution in [0.5, 0.6) is 0 Å². The minimum atomic E-state index is -0.385. The lowest BCUT2D eigenvalue weighted by Crippen LogP contribution is -2.33. The van der Waals surface area contributed by atoms with Crippen LogP contribution >= 0.6 is 0 Å². The highest BCUT2D eigenvalue weighted by molar-refractivity contribution is 5.06. The Hall–Kier alpha value is -0.940. The number of hydrogen-bond acceptors (Lipinski definition) is 5. The standard InChI is InChI=1S/C11H17N3O2/c12-11(5-1-2-6-11)10-13-9(14-16-10)8-4-3-7-15-8/h8H,1-7,12H2. The van der Waals surface area contributed by atoms with E-state index in [1.165, 1.54) is 0 Å². The predicted molar refractivity (Wildman–Crippen MR) is 56.6 cm³/mol. The lowest BCUT2D eigenvalue weighted by atomic mass is 9.99. The molecule has 1 saturated carbocycles. The summed E-state index contributed by atoms with van der Waals surface area (Å²) in [6, 6.07) is 0. The molecule has 1 aliphatic carbocycles. The largest absolute Gasteiger partial charge is 0.370 e. The molecule has 88 valence electrons. The molecular weight excluding hydrogens is 206 g/mol. The minimum Gasteiger partial charge on any atom is -0.370 e. The first kappa shape index (κ1) is 10.2. The van der Waals surface area contributed by atoms with Gasteiger partial charge in [-0.25, -0.2) is 0 Å². The average molecular weight is 223 g/mol. The molecule has 0 bridgehead atoms. The predicted octanol–water partition coefficient (Wildman–Crippen LogP) is 1.65. The van der Waals surface area contributed by atoms with Crippen molar-refractivity contribution in [1.29, 1.82) is 0 Å². The molecule has 1 aromatic heterocycles. The normalized spacial score (nSPS) is 28.7. The number of rotatable bonds is 2. The first-order chi connectivity index (χ1) is 7.78. The summed E-state index contributed by atoms with van der Waals surface area (Å²) >= 11 is 0. The van der Waals surface area contributed by atoms with E-state index < -0.39 is 0 Å². The Bertz CT molecular complexity index is 365. The molecule has 1 aliphatic heterocycles. The van der Waals surface area contributed by atoms with Crippen LogP contribution < -0.4 is 5.73 Å². The zero-order chi connectivity index (χ0) is 11.0. The Morgan fingerprint density at radius 3 is 2.75 bits per heavy atom. The second-order valence-electron chi connectivity index (χ2n) is 4.82. The van der Waals surface area contributed by atoms with Gasteiger partial charge in [0.25, 0.3) is 0 Å². The molecule has 16 heavy (non-hydrogen) atoms. The van der Waals surface area contributed by atoms with Crippen LogP contribution in [0.3, 0.4) is 0 Å². The molecule has 1 atom stereocenters. The maximum absolute atomic E-state index is 6.26. The van der Waals surface area contributed by atoms with Crippen LogP contribution in [0.25, 0.3) is 0 Å². The summed E-state index contributed by atoms with van der Waals surface area (Å²) in [5, 5.41) is 4.00. The molecule has 0 aromatic carbocycles. The summed E-state index contributed by atoms with van der Waals surface area (Å²) in [5.41, 5.74) is 5.87. The van der Waals surface area contributed by atoms with Crippen LogP contribution in [-0.4, -0.2) is 16.7 Å².